The molecule has 0 radical (unpaired) electrons. The Bertz CT molecular complexity index is 480. The highest BCUT2D eigenvalue weighted by Gasteiger charge is 2.11. The summed E-state index contributed by atoms with van der Waals surface area (Å²) in [7, 11) is 0. The SMILES string of the molecule is O=C(O)c1cccn2c(Cl)nnc12. The molecule has 0 aliphatic carbocycles. The number of carboxylic acids is 1. The maximum Gasteiger partial charge on any atom is 0.339 e. The van der Waals surface area contributed by atoms with Crippen molar-refractivity contribution >= 4 is 23.2 Å². The quantitative estimate of drug-likeness (QED) is 0.743. The fraction of sp³-hybridized carbons (Fsp3) is 0. The van der Waals surface area contributed by atoms with Crippen molar-refractivity contribution in [2.24, 2.45) is 0 Å². The average Bonchev–Trinajstić information content (AvgIpc) is 2.48. The molecular formula is C7H4ClN3O2. The summed E-state index contributed by atoms with van der Waals surface area (Å²) in [6.45, 7) is 0. The molecular weight excluding hydrogens is 194 g/mol. The normalized spacial score (nSPS) is 10.5. The second-order valence-corrected chi connectivity index (χ2v) is 2.73. The molecule has 66 valence electrons. The van der Waals surface area contributed by atoms with E-state index in [-0.39, 0.29) is 16.5 Å². The van der Waals surface area contributed by atoms with Crippen molar-refractivity contribution in [3.05, 3.63) is 29.2 Å². The molecule has 5 nitrogen and oxygen atoms in total. The van der Waals surface area contributed by atoms with Crippen molar-refractivity contribution in [2.45, 2.75) is 0 Å². The third-order valence-electron chi connectivity index (χ3n) is 1.62. The number of pyridine rings is 1. The molecule has 6 heteroatoms. The van der Waals surface area contributed by atoms with E-state index in [9.17, 15) is 4.79 Å². The van der Waals surface area contributed by atoms with Crippen molar-refractivity contribution in [3.63, 3.8) is 0 Å². The average molecular weight is 198 g/mol. The van der Waals surface area contributed by atoms with Crippen LogP contribution < -0.4 is 0 Å². The maximum absolute atomic E-state index is 10.7. The number of aromatic carboxylic acids is 1. The van der Waals surface area contributed by atoms with Gasteiger partial charge in [-0.15, -0.1) is 10.2 Å². The van der Waals surface area contributed by atoms with Gasteiger partial charge in [0, 0.05) is 6.20 Å². The van der Waals surface area contributed by atoms with E-state index in [0.717, 1.165) is 0 Å². The third kappa shape index (κ3) is 1.13. The second-order valence-electron chi connectivity index (χ2n) is 2.39. The number of nitrogens with zero attached hydrogens (tertiary/aromatic N) is 3. The van der Waals surface area contributed by atoms with Gasteiger partial charge in [-0.2, -0.15) is 0 Å². The van der Waals surface area contributed by atoms with Crippen LogP contribution in [0.5, 0.6) is 0 Å². The van der Waals surface area contributed by atoms with Crippen LogP contribution in [0.25, 0.3) is 5.65 Å². The van der Waals surface area contributed by atoms with Gasteiger partial charge in [0.2, 0.25) is 5.28 Å². The summed E-state index contributed by atoms with van der Waals surface area (Å²) in [6, 6.07) is 3.02. The lowest BCUT2D eigenvalue weighted by Gasteiger charge is -1.95. The molecule has 0 bridgehead atoms. The van der Waals surface area contributed by atoms with Gasteiger partial charge in [0.15, 0.2) is 5.65 Å². The predicted octanol–water partition coefficient (Wildman–Crippen LogP) is 1.08. The van der Waals surface area contributed by atoms with Gasteiger partial charge in [-0.05, 0) is 23.7 Å². The van der Waals surface area contributed by atoms with Gasteiger partial charge in [-0.3, -0.25) is 4.40 Å². The zero-order valence-corrected chi connectivity index (χ0v) is 7.06. The first-order valence-electron chi connectivity index (χ1n) is 3.42. The smallest absolute Gasteiger partial charge is 0.339 e. The molecule has 0 aliphatic heterocycles. The highest BCUT2D eigenvalue weighted by Crippen LogP contribution is 2.12. The van der Waals surface area contributed by atoms with Crippen molar-refractivity contribution in [2.75, 3.05) is 0 Å². The topological polar surface area (TPSA) is 67.5 Å². The molecule has 0 saturated heterocycles. The second kappa shape index (κ2) is 2.70. The van der Waals surface area contributed by atoms with Crippen LogP contribution in [0, 0.1) is 0 Å². The number of halogens is 1. The molecule has 2 aromatic heterocycles. The van der Waals surface area contributed by atoms with Crippen LogP contribution in [0.1, 0.15) is 10.4 Å². The van der Waals surface area contributed by atoms with E-state index >= 15 is 0 Å². The summed E-state index contributed by atoms with van der Waals surface area (Å²) in [5, 5.41) is 16.1. The van der Waals surface area contributed by atoms with Gasteiger partial charge in [0.1, 0.15) is 5.56 Å². The van der Waals surface area contributed by atoms with Crippen molar-refractivity contribution in [1.82, 2.24) is 14.6 Å². The highest BCUT2D eigenvalue weighted by atomic mass is 35.5. The van der Waals surface area contributed by atoms with Crippen LogP contribution in [0.4, 0.5) is 0 Å². The Morgan fingerprint density at radius 3 is 3.00 bits per heavy atom. The Hall–Kier alpha value is -1.62. The van der Waals surface area contributed by atoms with Gasteiger partial charge >= 0.3 is 5.97 Å². The van der Waals surface area contributed by atoms with Crippen molar-refractivity contribution in [1.29, 1.82) is 0 Å². The molecule has 0 unspecified atom stereocenters. The van der Waals surface area contributed by atoms with Gasteiger partial charge < -0.3 is 5.11 Å². The standard InChI is InChI=1S/C7H4ClN3O2/c8-7-10-9-5-4(6(12)13)2-1-3-11(5)7/h1-3H,(H,12,13). The first-order chi connectivity index (χ1) is 6.20. The van der Waals surface area contributed by atoms with E-state index in [1.54, 1.807) is 12.3 Å². The van der Waals surface area contributed by atoms with Crippen molar-refractivity contribution < 1.29 is 9.90 Å². The third-order valence-corrected chi connectivity index (χ3v) is 1.88. The van der Waals surface area contributed by atoms with Gasteiger partial charge in [-0.1, -0.05) is 0 Å². The number of aromatic nitrogens is 3. The Labute approximate surface area is 77.6 Å². The molecule has 2 heterocycles. The number of carbonyl (C=O) groups is 1. The minimum Gasteiger partial charge on any atom is -0.478 e. The number of carboxylic acid groups (broad SMARTS) is 1. The van der Waals surface area contributed by atoms with Gasteiger partial charge in [0.05, 0.1) is 0 Å². The molecule has 0 spiro atoms. The van der Waals surface area contributed by atoms with E-state index < -0.39 is 5.97 Å². The molecule has 1 N–H and O–H groups in total. The van der Waals surface area contributed by atoms with E-state index in [2.05, 4.69) is 10.2 Å². The summed E-state index contributed by atoms with van der Waals surface area (Å²) in [5.41, 5.74) is 0.335. The molecule has 2 aromatic rings. The number of hydrogen-bond acceptors (Lipinski definition) is 3. The fourth-order valence-electron chi connectivity index (χ4n) is 1.05. The van der Waals surface area contributed by atoms with E-state index in [0.29, 0.717) is 0 Å². The molecule has 13 heavy (non-hydrogen) atoms. The van der Waals surface area contributed by atoms with Crippen LogP contribution in [-0.4, -0.2) is 25.7 Å². The fourth-order valence-corrected chi connectivity index (χ4v) is 1.23. The van der Waals surface area contributed by atoms with Crippen LogP contribution in [-0.2, 0) is 0 Å². The molecule has 0 amide bonds. The summed E-state index contributed by atoms with van der Waals surface area (Å²) in [5.74, 6) is -1.05. The monoisotopic (exact) mass is 197 g/mol. The number of hydrogen-bond donors (Lipinski definition) is 1. The first kappa shape index (κ1) is 8.00. The number of rotatable bonds is 1. The van der Waals surface area contributed by atoms with E-state index in [1.165, 1.54) is 10.5 Å². The zero-order chi connectivity index (χ0) is 9.42. The van der Waals surface area contributed by atoms with Crippen LogP contribution in [0.15, 0.2) is 18.3 Å². The Morgan fingerprint density at radius 1 is 1.54 bits per heavy atom. The summed E-state index contributed by atoms with van der Waals surface area (Å²) in [6.07, 6.45) is 1.60. The predicted molar refractivity (Wildman–Crippen MR) is 45.0 cm³/mol. The van der Waals surface area contributed by atoms with E-state index in [1.807, 2.05) is 0 Å². The van der Waals surface area contributed by atoms with Gasteiger partial charge in [0.25, 0.3) is 0 Å². The van der Waals surface area contributed by atoms with E-state index in [4.69, 9.17) is 16.7 Å². The Morgan fingerprint density at radius 2 is 2.31 bits per heavy atom. The first-order valence-corrected chi connectivity index (χ1v) is 3.80. The van der Waals surface area contributed by atoms with Crippen LogP contribution in [0.2, 0.25) is 5.28 Å². The lowest BCUT2D eigenvalue weighted by atomic mass is 10.3. The Kier molecular flexibility index (Phi) is 1.66. The summed E-state index contributed by atoms with van der Waals surface area (Å²) >= 11 is 5.65. The minimum absolute atomic E-state index is 0.0851. The number of fused-ring (bicyclic) bond motifs is 1. The summed E-state index contributed by atoms with van der Waals surface area (Å²) < 4.78 is 1.41. The molecule has 2 rings (SSSR count). The van der Waals surface area contributed by atoms with Crippen LogP contribution in [0.3, 0.4) is 0 Å². The molecule has 0 saturated carbocycles. The van der Waals surface area contributed by atoms with Crippen LogP contribution >= 0.6 is 11.6 Å². The van der Waals surface area contributed by atoms with Gasteiger partial charge in [-0.25, -0.2) is 4.79 Å². The zero-order valence-electron chi connectivity index (χ0n) is 6.31. The maximum atomic E-state index is 10.7. The lowest BCUT2D eigenvalue weighted by molar-refractivity contribution is 0.0698. The molecule has 0 aliphatic rings. The Balaban J connectivity index is 2.84. The molecule has 0 fully saturated rings. The highest BCUT2D eigenvalue weighted by molar-refractivity contribution is 6.28. The largest absolute Gasteiger partial charge is 0.478 e. The van der Waals surface area contributed by atoms with Crippen molar-refractivity contribution in [3.8, 4) is 0 Å². The lowest BCUT2D eigenvalue weighted by Crippen LogP contribution is -2.00. The molecule has 0 atom stereocenters. The minimum atomic E-state index is -1.05. The molecule has 0 aromatic carbocycles. The summed E-state index contributed by atoms with van der Waals surface area (Å²) in [4.78, 5) is 10.7.